The lowest BCUT2D eigenvalue weighted by atomic mass is 9.83. The van der Waals surface area contributed by atoms with Gasteiger partial charge >= 0.3 is 5.97 Å². The molecule has 3 rings (SSSR count). The first-order chi connectivity index (χ1) is 16.3. The predicted octanol–water partition coefficient (Wildman–Crippen LogP) is 5.29. The summed E-state index contributed by atoms with van der Waals surface area (Å²) in [6.07, 6.45) is 2.41. The van der Waals surface area contributed by atoms with E-state index in [1.54, 1.807) is 19.2 Å². The van der Waals surface area contributed by atoms with Crippen molar-refractivity contribution in [3.05, 3.63) is 97.9 Å². The lowest BCUT2D eigenvalue weighted by Crippen LogP contribution is -2.15. The standard InChI is InChI=1S/C26H27ClN2O5/c1-16-13-20(27)7-10-22(16)23(14-24(29-33)19-12-17(2)26(32)28-15-19)18-5-8-21(9-6-18)34-11-3-4-25(30)31/h5-10,12-13,15,23,33H,3-4,11,14H2,1-2H3,(H,28,32)(H,30,31)/b29-24+. The van der Waals surface area contributed by atoms with Gasteiger partial charge in [-0.2, -0.15) is 0 Å². The van der Waals surface area contributed by atoms with Crippen LogP contribution in [0.2, 0.25) is 5.02 Å². The average Bonchev–Trinajstić information content (AvgIpc) is 2.81. The lowest BCUT2D eigenvalue weighted by molar-refractivity contribution is -0.137. The molecule has 0 saturated heterocycles. The number of rotatable bonds is 10. The minimum atomic E-state index is -0.848. The molecular formula is C26H27ClN2O5. The maximum absolute atomic E-state index is 11.8. The van der Waals surface area contributed by atoms with Gasteiger partial charge in [0.2, 0.25) is 0 Å². The largest absolute Gasteiger partial charge is 0.494 e. The molecule has 178 valence electrons. The molecule has 0 aliphatic heterocycles. The molecule has 0 saturated carbocycles. The van der Waals surface area contributed by atoms with Gasteiger partial charge in [-0.05, 0) is 67.3 Å². The number of hydrogen-bond acceptors (Lipinski definition) is 5. The molecule has 2 aromatic carbocycles. The molecular weight excluding hydrogens is 456 g/mol. The van der Waals surface area contributed by atoms with Gasteiger partial charge in [0.15, 0.2) is 0 Å². The van der Waals surface area contributed by atoms with Crippen LogP contribution in [-0.2, 0) is 4.79 Å². The van der Waals surface area contributed by atoms with Gasteiger partial charge in [0, 0.05) is 41.1 Å². The molecule has 0 aliphatic carbocycles. The third-order valence-corrected chi connectivity index (χ3v) is 5.87. The summed E-state index contributed by atoms with van der Waals surface area (Å²) in [4.78, 5) is 25.1. The molecule has 1 heterocycles. The number of nitrogens with zero attached hydrogens (tertiary/aromatic N) is 1. The number of benzene rings is 2. The minimum absolute atomic E-state index is 0.0590. The third kappa shape index (κ3) is 6.48. The summed E-state index contributed by atoms with van der Waals surface area (Å²) in [7, 11) is 0. The molecule has 1 unspecified atom stereocenters. The van der Waals surface area contributed by atoms with Crippen molar-refractivity contribution in [1.29, 1.82) is 0 Å². The van der Waals surface area contributed by atoms with Crippen LogP contribution >= 0.6 is 11.6 Å². The van der Waals surface area contributed by atoms with Crippen LogP contribution in [0.4, 0.5) is 0 Å². The summed E-state index contributed by atoms with van der Waals surface area (Å²) < 4.78 is 5.65. The van der Waals surface area contributed by atoms with Gasteiger partial charge in [-0.25, -0.2) is 0 Å². The Hall–Kier alpha value is -3.58. The maximum atomic E-state index is 11.8. The molecule has 1 aromatic heterocycles. The second-order valence-corrected chi connectivity index (χ2v) is 8.56. The Morgan fingerprint density at radius 2 is 1.85 bits per heavy atom. The summed E-state index contributed by atoms with van der Waals surface area (Å²) in [5.41, 5.74) is 4.42. The van der Waals surface area contributed by atoms with E-state index in [2.05, 4.69) is 10.1 Å². The summed E-state index contributed by atoms with van der Waals surface area (Å²) in [6.45, 7) is 4.00. The lowest BCUT2D eigenvalue weighted by Gasteiger charge is -2.21. The molecule has 0 radical (unpaired) electrons. The van der Waals surface area contributed by atoms with E-state index in [4.69, 9.17) is 21.4 Å². The highest BCUT2D eigenvalue weighted by Gasteiger charge is 2.21. The Morgan fingerprint density at radius 3 is 2.47 bits per heavy atom. The summed E-state index contributed by atoms with van der Waals surface area (Å²) in [5.74, 6) is -0.358. The maximum Gasteiger partial charge on any atom is 0.303 e. The smallest absolute Gasteiger partial charge is 0.303 e. The molecule has 3 aromatic rings. The zero-order valence-electron chi connectivity index (χ0n) is 19.0. The molecule has 1 atom stereocenters. The van der Waals surface area contributed by atoms with Gasteiger partial charge in [-0.1, -0.05) is 35.0 Å². The van der Waals surface area contributed by atoms with Gasteiger partial charge in [0.25, 0.3) is 5.56 Å². The van der Waals surface area contributed by atoms with Crippen molar-refractivity contribution in [1.82, 2.24) is 4.98 Å². The number of carbonyl (C=O) groups is 1. The van der Waals surface area contributed by atoms with Crippen LogP contribution < -0.4 is 10.3 Å². The van der Waals surface area contributed by atoms with Crippen LogP contribution in [0.15, 0.2) is 64.7 Å². The number of aromatic nitrogens is 1. The summed E-state index contributed by atoms with van der Waals surface area (Å²) >= 11 is 6.18. The van der Waals surface area contributed by atoms with E-state index in [1.165, 1.54) is 0 Å². The summed E-state index contributed by atoms with van der Waals surface area (Å²) in [5, 5.41) is 22.7. The first-order valence-corrected chi connectivity index (χ1v) is 11.3. The van der Waals surface area contributed by atoms with Gasteiger partial charge in [-0.15, -0.1) is 0 Å². The number of ether oxygens (including phenoxy) is 1. The molecule has 0 amide bonds. The molecule has 8 heteroatoms. The van der Waals surface area contributed by atoms with Crippen molar-refractivity contribution in [2.45, 2.75) is 39.0 Å². The number of carboxylic acids is 1. The number of H-pyrrole nitrogens is 1. The van der Waals surface area contributed by atoms with Crippen LogP contribution in [0.5, 0.6) is 5.75 Å². The van der Waals surface area contributed by atoms with E-state index in [-0.39, 0.29) is 17.9 Å². The van der Waals surface area contributed by atoms with Crippen LogP contribution in [0.3, 0.4) is 0 Å². The molecule has 7 nitrogen and oxygen atoms in total. The van der Waals surface area contributed by atoms with Crippen LogP contribution in [0.25, 0.3) is 0 Å². The van der Waals surface area contributed by atoms with E-state index in [9.17, 15) is 14.8 Å². The van der Waals surface area contributed by atoms with Crippen molar-refractivity contribution in [2.24, 2.45) is 5.16 Å². The monoisotopic (exact) mass is 482 g/mol. The molecule has 0 aliphatic rings. The number of aryl methyl sites for hydroxylation is 2. The molecule has 0 fully saturated rings. The van der Waals surface area contributed by atoms with E-state index in [0.717, 1.165) is 16.7 Å². The number of pyridine rings is 1. The second-order valence-electron chi connectivity index (χ2n) is 8.12. The van der Waals surface area contributed by atoms with Crippen molar-refractivity contribution >= 4 is 23.3 Å². The number of carboxylic acid groups (broad SMARTS) is 1. The quantitative estimate of drug-likeness (QED) is 0.157. The zero-order valence-corrected chi connectivity index (χ0v) is 19.8. The Bertz CT molecular complexity index is 1230. The fraction of sp³-hybridized carbons (Fsp3) is 0.269. The van der Waals surface area contributed by atoms with Gasteiger partial charge in [0.1, 0.15) is 5.75 Å². The van der Waals surface area contributed by atoms with Crippen LogP contribution in [-0.4, -0.2) is 33.6 Å². The normalized spacial score (nSPS) is 12.4. The summed E-state index contributed by atoms with van der Waals surface area (Å²) in [6, 6.07) is 15.0. The Balaban J connectivity index is 1.90. The molecule has 3 N–H and O–H groups in total. The Labute approximate surface area is 202 Å². The number of halogens is 1. The highest BCUT2D eigenvalue weighted by atomic mass is 35.5. The highest BCUT2D eigenvalue weighted by molar-refractivity contribution is 6.30. The van der Waals surface area contributed by atoms with Crippen LogP contribution in [0, 0.1) is 13.8 Å². The van der Waals surface area contributed by atoms with Gasteiger partial charge in [0.05, 0.1) is 12.3 Å². The fourth-order valence-corrected chi connectivity index (χ4v) is 4.05. The number of aromatic amines is 1. The third-order valence-electron chi connectivity index (χ3n) is 5.63. The molecule has 0 bridgehead atoms. The molecule has 0 spiro atoms. The topological polar surface area (TPSA) is 112 Å². The van der Waals surface area contributed by atoms with E-state index in [1.807, 2.05) is 49.4 Å². The average molecular weight is 483 g/mol. The van der Waals surface area contributed by atoms with Crippen molar-refractivity contribution in [2.75, 3.05) is 6.61 Å². The highest BCUT2D eigenvalue weighted by Crippen LogP contribution is 2.34. The van der Waals surface area contributed by atoms with Crippen molar-refractivity contribution < 1.29 is 19.8 Å². The number of hydrogen-bond donors (Lipinski definition) is 3. The first-order valence-electron chi connectivity index (χ1n) is 10.9. The molecule has 34 heavy (non-hydrogen) atoms. The minimum Gasteiger partial charge on any atom is -0.494 e. The number of oxime groups is 1. The van der Waals surface area contributed by atoms with E-state index >= 15 is 0 Å². The SMILES string of the molecule is Cc1cc(Cl)ccc1C(C/C(=N\O)c1c[nH]c(=O)c(C)c1)c1ccc(OCCCC(=O)O)cc1. The fourth-order valence-electron chi connectivity index (χ4n) is 3.82. The van der Waals surface area contributed by atoms with Crippen molar-refractivity contribution in [3.8, 4) is 5.75 Å². The number of aliphatic carboxylic acids is 1. The zero-order chi connectivity index (χ0) is 24.7. The van der Waals surface area contributed by atoms with E-state index < -0.39 is 5.97 Å². The van der Waals surface area contributed by atoms with Crippen LogP contribution in [0.1, 0.15) is 53.0 Å². The van der Waals surface area contributed by atoms with Gasteiger partial charge in [-0.3, -0.25) is 9.59 Å². The van der Waals surface area contributed by atoms with Crippen molar-refractivity contribution in [3.63, 3.8) is 0 Å². The first kappa shape index (κ1) is 25.1. The van der Waals surface area contributed by atoms with Gasteiger partial charge < -0.3 is 20.0 Å². The second kappa shape index (κ2) is 11.5. The number of nitrogens with one attached hydrogen (secondary N) is 1. The Kier molecular flexibility index (Phi) is 8.49. The predicted molar refractivity (Wildman–Crippen MR) is 132 cm³/mol. The van der Waals surface area contributed by atoms with E-state index in [0.29, 0.717) is 47.1 Å². The Morgan fingerprint density at radius 1 is 1.12 bits per heavy atom.